The van der Waals surface area contributed by atoms with Crippen molar-refractivity contribution in [2.45, 2.75) is 31.2 Å². The molecule has 1 aliphatic rings. The SMILES string of the molecule is [C-]#[N+]C1(C(C)(F)F)CCSCC1. The first kappa shape index (κ1) is 9.79. The van der Waals surface area contributed by atoms with Crippen LogP contribution in [0.4, 0.5) is 8.78 Å². The van der Waals surface area contributed by atoms with Gasteiger partial charge in [0.15, 0.2) is 0 Å². The van der Waals surface area contributed by atoms with Crippen molar-refractivity contribution in [2.75, 3.05) is 11.5 Å². The molecule has 1 rings (SSSR count). The molecule has 0 bridgehead atoms. The molecule has 0 atom stereocenters. The fourth-order valence-corrected chi connectivity index (χ4v) is 2.53. The van der Waals surface area contributed by atoms with E-state index >= 15 is 0 Å². The van der Waals surface area contributed by atoms with Crippen LogP contribution in [0.1, 0.15) is 19.8 Å². The zero-order chi connectivity index (χ0) is 9.24. The Balaban J connectivity index is 2.83. The molecule has 0 unspecified atom stereocenters. The minimum Gasteiger partial charge on any atom is -0.304 e. The van der Waals surface area contributed by atoms with Gasteiger partial charge in [0.05, 0.1) is 0 Å². The van der Waals surface area contributed by atoms with Gasteiger partial charge in [-0.25, -0.2) is 6.57 Å². The van der Waals surface area contributed by atoms with E-state index in [0.717, 1.165) is 6.92 Å². The van der Waals surface area contributed by atoms with Gasteiger partial charge in [-0.15, -0.1) is 0 Å². The highest BCUT2D eigenvalue weighted by atomic mass is 32.2. The first-order valence-corrected chi connectivity index (χ1v) is 5.01. The quantitative estimate of drug-likeness (QED) is 0.577. The van der Waals surface area contributed by atoms with E-state index in [1.807, 2.05) is 0 Å². The van der Waals surface area contributed by atoms with Crippen molar-refractivity contribution in [3.05, 3.63) is 11.4 Å². The Labute approximate surface area is 75.3 Å². The number of alkyl halides is 2. The van der Waals surface area contributed by atoms with Gasteiger partial charge in [0.1, 0.15) is 0 Å². The minimum atomic E-state index is -2.85. The van der Waals surface area contributed by atoms with E-state index < -0.39 is 11.5 Å². The monoisotopic (exact) mass is 191 g/mol. The van der Waals surface area contributed by atoms with Crippen LogP contribution in [0.3, 0.4) is 0 Å². The summed E-state index contributed by atoms with van der Waals surface area (Å²) in [6.45, 7) is 7.70. The van der Waals surface area contributed by atoms with Gasteiger partial charge < -0.3 is 4.85 Å². The maximum absolute atomic E-state index is 13.0. The summed E-state index contributed by atoms with van der Waals surface area (Å²) >= 11 is 1.65. The van der Waals surface area contributed by atoms with Gasteiger partial charge in [0.2, 0.25) is 0 Å². The van der Waals surface area contributed by atoms with Crippen LogP contribution in [0, 0.1) is 6.57 Å². The van der Waals surface area contributed by atoms with Crippen molar-refractivity contribution in [1.82, 2.24) is 0 Å². The second-order valence-electron chi connectivity index (χ2n) is 3.14. The van der Waals surface area contributed by atoms with E-state index in [9.17, 15) is 8.78 Å². The molecule has 0 amide bonds. The Morgan fingerprint density at radius 3 is 2.17 bits per heavy atom. The Kier molecular flexibility index (Phi) is 2.62. The van der Waals surface area contributed by atoms with Gasteiger partial charge >= 0.3 is 5.92 Å². The number of rotatable bonds is 1. The lowest BCUT2D eigenvalue weighted by Crippen LogP contribution is -2.45. The Morgan fingerprint density at radius 1 is 1.42 bits per heavy atom. The average molecular weight is 191 g/mol. The van der Waals surface area contributed by atoms with Crippen LogP contribution in [0.25, 0.3) is 4.85 Å². The van der Waals surface area contributed by atoms with E-state index in [-0.39, 0.29) is 0 Å². The van der Waals surface area contributed by atoms with Crippen LogP contribution in [0.2, 0.25) is 0 Å². The first-order valence-electron chi connectivity index (χ1n) is 3.86. The van der Waals surface area contributed by atoms with Gasteiger partial charge in [0.25, 0.3) is 5.54 Å². The molecule has 1 aliphatic heterocycles. The highest BCUT2D eigenvalue weighted by molar-refractivity contribution is 7.99. The lowest BCUT2D eigenvalue weighted by Gasteiger charge is -2.30. The molecule has 68 valence electrons. The number of hydrogen-bond acceptors (Lipinski definition) is 1. The van der Waals surface area contributed by atoms with Crippen molar-refractivity contribution in [2.24, 2.45) is 0 Å². The van der Waals surface area contributed by atoms with Crippen LogP contribution in [-0.4, -0.2) is 23.0 Å². The minimum absolute atomic E-state index is 0.324. The zero-order valence-corrected chi connectivity index (χ0v) is 7.76. The van der Waals surface area contributed by atoms with Gasteiger partial charge in [-0.05, 0) is 0 Å². The predicted octanol–water partition coefficient (Wildman–Crippen LogP) is 2.83. The second-order valence-corrected chi connectivity index (χ2v) is 4.37. The van der Waals surface area contributed by atoms with Crippen molar-refractivity contribution >= 4 is 11.8 Å². The standard InChI is InChI=1S/C8H11F2NS/c1-7(9,10)8(11-2)3-5-12-6-4-8/h3-6H2,1H3. The topological polar surface area (TPSA) is 4.36 Å². The van der Waals surface area contributed by atoms with Crippen LogP contribution >= 0.6 is 11.8 Å². The van der Waals surface area contributed by atoms with Crippen molar-refractivity contribution in [3.8, 4) is 0 Å². The molecule has 0 aliphatic carbocycles. The zero-order valence-electron chi connectivity index (χ0n) is 6.94. The maximum Gasteiger partial charge on any atom is 0.321 e. The summed E-state index contributed by atoms with van der Waals surface area (Å²) in [6, 6.07) is 0. The van der Waals surface area contributed by atoms with Crippen LogP contribution in [-0.2, 0) is 0 Å². The Bertz CT molecular complexity index is 198. The van der Waals surface area contributed by atoms with E-state index in [0.29, 0.717) is 24.3 Å². The number of thioether (sulfide) groups is 1. The molecule has 1 heterocycles. The van der Waals surface area contributed by atoms with E-state index in [2.05, 4.69) is 4.85 Å². The van der Waals surface area contributed by atoms with E-state index in [4.69, 9.17) is 6.57 Å². The van der Waals surface area contributed by atoms with Gasteiger partial charge in [-0.3, -0.25) is 0 Å². The second kappa shape index (κ2) is 3.21. The molecule has 1 fully saturated rings. The summed E-state index contributed by atoms with van der Waals surface area (Å²) in [6.07, 6.45) is 0.648. The summed E-state index contributed by atoms with van der Waals surface area (Å²) in [5.41, 5.74) is -1.40. The van der Waals surface area contributed by atoms with Crippen LogP contribution in [0.5, 0.6) is 0 Å². The molecule has 0 aromatic heterocycles. The van der Waals surface area contributed by atoms with Crippen molar-refractivity contribution in [3.63, 3.8) is 0 Å². The third-order valence-corrected chi connectivity index (χ3v) is 3.34. The molecular weight excluding hydrogens is 180 g/mol. The predicted molar refractivity (Wildman–Crippen MR) is 46.5 cm³/mol. The number of nitrogens with zero attached hydrogens (tertiary/aromatic N) is 1. The molecule has 4 heteroatoms. The largest absolute Gasteiger partial charge is 0.321 e. The molecule has 0 N–H and O–H groups in total. The fraction of sp³-hybridized carbons (Fsp3) is 0.875. The first-order chi connectivity index (χ1) is 5.52. The lowest BCUT2D eigenvalue weighted by atomic mass is 9.87. The van der Waals surface area contributed by atoms with Gasteiger partial charge in [-0.1, -0.05) is 0 Å². The molecule has 0 aromatic rings. The smallest absolute Gasteiger partial charge is 0.304 e. The molecular formula is C8H11F2NS. The number of hydrogen-bond donors (Lipinski definition) is 0. The summed E-state index contributed by atoms with van der Waals surface area (Å²) in [4.78, 5) is 3.14. The third-order valence-electron chi connectivity index (χ3n) is 2.35. The van der Waals surface area contributed by atoms with E-state index in [1.54, 1.807) is 11.8 Å². The van der Waals surface area contributed by atoms with Gasteiger partial charge in [0, 0.05) is 31.3 Å². The molecule has 0 saturated carbocycles. The maximum atomic E-state index is 13.0. The normalized spacial score (nSPS) is 23.2. The summed E-state index contributed by atoms with van der Waals surface area (Å²) in [5.74, 6) is -1.48. The Hall–Kier alpha value is -0.300. The molecule has 0 spiro atoms. The fourth-order valence-electron chi connectivity index (χ4n) is 1.36. The summed E-state index contributed by atoms with van der Waals surface area (Å²) in [5, 5.41) is 0. The molecule has 1 saturated heterocycles. The van der Waals surface area contributed by atoms with Gasteiger partial charge in [-0.2, -0.15) is 20.5 Å². The average Bonchev–Trinajstić information content (AvgIpc) is 2.04. The molecule has 0 radical (unpaired) electrons. The van der Waals surface area contributed by atoms with Crippen molar-refractivity contribution in [1.29, 1.82) is 0 Å². The van der Waals surface area contributed by atoms with Crippen LogP contribution < -0.4 is 0 Å². The summed E-state index contributed by atoms with van der Waals surface area (Å²) < 4.78 is 26.1. The highest BCUT2D eigenvalue weighted by Gasteiger charge is 2.57. The lowest BCUT2D eigenvalue weighted by molar-refractivity contribution is -0.0431. The van der Waals surface area contributed by atoms with Crippen molar-refractivity contribution < 1.29 is 8.78 Å². The summed E-state index contributed by atoms with van der Waals surface area (Å²) in [7, 11) is 0. The molecule has 1 nitrogen and oxygen atoms in total. The van der Waals surface area contributed by atoms with E-state index in [1.165, 1.54) is 0 Å². The van der Waals surface area contributed by atoms with Crippen LogP contribution in [0.15, 0.2) is 0 Å². The molecule has 0 aromatic carbocycles. The Morgan fingerprint density at radius 2 is 1.92 bits per heavy atom. The number of halogens is 2. The third kappa shape index (κ3) is 1.56. The highest BCUT2D eigenvalue weighted by Crippen LogP contribution is 2.42. The molecule has 12 heavy (non-hydrogen) atoms.